The van der Waals surface area contributed by atoms with E-state index in [1.54, 1.807) is 0 Å². The lowest BCUT2D eigenvalue weighted by atomic mass is 10.1. The van der Waals surface area contributed by atoms with E-state index in [0.717, 1.165) is 25.8 Å². The highest BCUT2D eigenvalue weighted by Gasteiger charge is 2.50. The number of thioether (sulfide) groups is 1. The lowest BCUT2D eigenvalue weighted by Crippen LogP contribution is -2.31. The van der Waals surface area contributed by atoms with Gasteiger partial charge in [-0.1, -0.05) is 12.8 Å². The van der Waals surface area contributed by atoms with Crippen LogP contribution in [0.5, 0.6) is 0 Å². The molecule has 16 heavy (non-hydrogen) atoms. The molecule has 0 atom stereocenters. The molecular weight excluding hydrogens is 220 g/mol. The summed E-state index contributed by atoms with van der Waals surface area (Å²) in [6.07, 6.45) is 8.29. The number of nitriles is 1. The average molecular weight is 240 g/mol. The number of carbonyl (C=O) groups excluding carboxylic acids is 1. The Bertz CT molecular complexity index is 269. The van der Waals surface area contributed by atoms with Gasteiger partial charge in [0.25, 0.3) is 0 Å². The number of unbranched alkanes of at least 4 members (excludes halogenated alkanes) is 3. The Morgan fingerprint density at radius 1 is 1.38 bits per heavy atom. The van der Waals surface area contributed by atoms with Gasteiger partial charge in [0.05, 0.1) is 6.07 Å². The molecule has 1 aliphatic rings. The molecule has 0 aromatic carbocycles. The van der Waals surface area contributed by atoms with Crippen molar-refractivity contribution >= 4 is 17.7 Å². The SMILES string of the molecule is CSCCCCCCNC(=O)C1(C#N)CC1. The zero-order chi connectivity index (χ0) is 11.9. The Hall–Kier alpha value is -0.690. The summed E-state index contributed by atoms with van der Waals surface area (Å²) in [4.78, 5) is 11.6. The molecule has 4 heteroatoms. The predicted molar refractivity (Wildman–Crippen MR) is 67.1 cm³/mol. The van der Waals surface area contributed by atoms with Crippen LogP contribution >= 0.6 is 11.8 Å². The van der Waals surface area contributed by atoms with Crippen LogP contribution in [0, 0.1) is 16.7 Å². The third kappa shape index (κ3) is 4.05. The van der Waals surface area contributed by atoms with E-state index in [0.29, 0.717) is 0 Å². The maximum absolute atomic E-state index is 11.6. The Labute approximate surface area is 102 Å². The van der Waals surface area contributed by atoms with Crippen molar-refractivity contribution in [2.45, 2.75) is 38.5 Å². The molecule has 0 aromatic heterocycles. The summed E-state index contributed by atoms with van der Waals surface area (Å²) in [5.74, 6) is 1.17. The van der Waals surface area contributed by atoms with Crippen molar-refractivity contribution in [2.24, 2.45) is 5.41 Å². The zero-order valence-corrected chi connectivity index (χ0v) is 10.7. The van der Waals surface area contributed by atoms with Gasteiger partial charge in [0.15, 0.2) is 0 Å². The topological polar surface area (TPSA) is 52.9 Å². The maximum Gasteiger partial charge on any atom is 0.240 e. The van der Waals surface area contributed by atoms with Gasteiger partial charge in [-0.15, -0.1) is 0 Å². The predicted octanol–water partition coefficient (Wildman–Crippen LogP) is 2.33. The summed E-state index contributed by atoms with van der Waals surface area (Å²) in [5, 5.41) is 11.7. The minimum Gasteiger partial charge on any atom is -0.355 e. The Morgan fingerprint density at radius 2 is 2.06 bits per heavy atom. The van der Waals surface area contributed by atoms with Crippen LogP contribution in [0.25, 0.3) is 0 Å². The molecular formula is C12H20N2OS. The van der Waals surface area contributed by atoms with Crippen molar-refractivity contribution in [1.82, 2.24) is 5.32 Å². The van der Waals surface area contributed by atoms with Crippen molar-refractivity contribution in [3.63, 3.8) is 0 Å². The van der Waals surface area contributed by atoms with Crippen LogP contribution in [-0.2, 0) is 4.79 Å². The molecule has 0 aliphatic heterocycles. The van der Waals surface area contributed by atoms with Crippen LogP contribution in [0.3, 0.4) is 0 Å². The largest absolute Gasteiger partial charge is 0.355 e. The highest BCUT2D eigenvalue weighted by atomic mass is 32.2. The van der Waals surface area contributed by atoms with Gasteiger partial charge in [-0.3, -0.25) is 4.79 Å². The van der Waals surface area contributed by atoms with Gasteiger partial charge < -0.3 is 5.32 Å². The van der Waals surface area contributed by atoms with Gasteiger partial charge in [0, 0.05) is 6.54 Å². The van der Waals surface area contributed by atoms with E-state index in [2.05, 4.69) is 17.6 Å². The molecule has 1 aliphatic carbocycles. The van der Waals surface area contributed by atoms with Gasteiger partial charge in [-0.25, -0.2) is 0 Å². The van der Waals surface area contributed by atoms with Gasteiger partial charge in [0.1, 0.15) is 5.41 Å². The van der Waals surface area contributed by atoms with E-state index in [1.165, 1.54) is 25.0 Å². The number of carbonyl (C=O) groups is 1. The lowest BCUT2D eigenvalue weighted by molar-refractivity contribution is -0.124. The molecule has 0 bridgehead atoms. The summed E-state index contributed by atoms with van der Waals surface area (Å²) >= 11 is 1.88. The number of hydrogen-bond donors (Lipinski definition) is 1. The molecule has 3 nitrogen and oxygen atoms in total. The first-order chi connectivity index (χ1) is 7.75. The van der Waals surface area contributed by atoms with Crippen LogP contribution < -0.4 is 5.32 Å². The summed E-state index contributed by atoms with van der Waals surface area (Å²) < 4.78 is 0. The molecule has 90 valence electrons. The first-order valence-electron chi connectivity index (χ1n) is 5.94. The molecule has 1 fully saturated rings. The van der Waals surface area contributed by atoms with Crippen molar-refractivity contribution in [2.75, 3.05) is 18.6 Å². The molecule has 0 saturated heterocycles. The second-order valence-electron chi connectivity index (χ2n) is 4.36. The van der Waals surface area contributed by atoms with Gasteiger partial charge >= 0.3 is 0 Å². The van der Waals surface area contributed by atoms with Gasteiger partial charge in [-0.2, -0.15) is 17.0 Å². The number of nitrogens with zero attached hydrogens (tertiary/aromatic N) is 1. The third-order valence-electron chi connectivity index (χ3n) is 2.96. The fraction of sp³-hybridized carbons (Fsp3) is 0.833. The number of amides is 1. The number of hydrogen-bond acceptors (Lipinski definition) is 3. The number of rotatable bonds is 8. The fourth-order valence-corrected chi connectivity index (χ4v) is 2.10. The van der Waals surface area contributed by atoms with E-state index >= 15 is 0 Å². The molecule has 0 unspecified atom stereocenters. The maximum atomic E-state index is 11.6. The molecule has 1 N–H and O–H groups in total. The molecule has 0 heterocycles. The Morgan fingerprint density at radius 3 is 2.62 bits per heavy atom. The minimum atomic E-state index is -0.654. The lowest BCUT2D eigenvalue weighted by Gasteiger charge is -2.07. The second-order valence-corrected chi connectivity index (χ2v) is 5.34. The smallest absolute Gasteiger partial charge is 0.240 e. The molecule has 0 spiro atoms. The zero-order valence-electron chi connectivity index (χ0n) is 9.92. The highest BCUT2D eigenvalue weighted by Crippen LogP contribution is 2.44. The summed E-state index contributed by atoms with van der Waals surface area (Å²) in [6, 6.07) is 2.11. The van der Waals surface area contributed by atoms with Crippen molar-refractivity contribution < 1.29 is 4.79 Å². The van der Waals surface area contributed by atoms with Crippen LogP contribution in [-0.4, -0.2) is 24.5 Å². The van der Waals surface area contributed by atoms with Crippen molar-refractivity contribution in [3.8, 4) is 6.07 Å². The van der Waals surface area contributed by atoms with E-state index < -0.39 is 5.41 Å². The minimum absolute atomic E-state index is 0.0564. The van der Waals surface area contributed by atoms with Crippen LogP contribution in [0.2, 0.25) is 0 Å². The summed E-state index contributed by atoms with van der Waals surface area (Å²) in [6.45, 7) is 0.724. The van der Waals surface area contributed by atoms with E-state index in [-0.39, 0.29) is 5.91 Å². The van der Waals surface area contributed by atoms with Crippen LogP contribution in [0.1, 0.15) is 38.5 Å². The fourth-order valence-electron chi connectivity index (χ4n) is 1.61. The van der Waals surface area contributed by atoms with E-state index in [4.69, 9.17) is 5.26 Å². The average Bonchev–Trinajstić information content (AvgIpc) is 3.08. The van der Waals surface area contributed by atoms with Crippen LogP contribution in [0.15, 0.2) is 0 Å². The first-order valence-corrected chi connectivity index (χ1v) is 7.33. The summed E-state index contributed by atoms with van der Waals surface area (Å²) in [7, 11) is 0. The quantitative estimate of drug-likeness (QED) is 0.662. The molecule has 1 saturated carbocycles. The van der Waals surface area contributed by atoms with Gasteiger partial charge in [0.2, 0.25) is 5.91 Å². The number of nitrogens with one attached hydrogen (secondary N) is 1. The third-order valence-corrected chi connectivity index (χ3v) is 3.66. The first kappa shape index (κ1) is 13.4. The molecule has 0 radical (unpaired) electrons. The standard InChI is InChI=1S/C12H20N2OS/c1-16-9-5-3-2-4-8-14-11(15)12(10-13)6-7-12/h2-9H2,1H3,(H,14,15). The van der Waals surface area contributed by atoms with Crippen LogP contribution in [0.4, 0.5) is 0 Å². The van der Waals surface area contributed by atoms with E-state index in [9.17, 15) is 4.79 Å². The second kappa shape index (κ2) is 6.80. The molecule has 0 aromatic rings. The highest BCUT2D eigenvalue weighted by molar-refractivity contribution is 7.98. The van der Waals surface area contributed by atoms with Crippen molar-refractivity contribution in [3.05, 3.63) is 0 Å². The van der Waals surface area contributed by atoms with Crippen molar-refractivity contribution in [1.29, 1.82) is 5.26 Å². The molecule has 1 rings (SSSR count). The van der Waals surface area contributed by atoms with Gasteiger partial charge in [-0.05, 0) is 37.7 Å². The van der Waals surface area contributed by atoms with E-state index in [1.807, 2.05) is 11.8 Å². The Kier molecular flexibility index (Phi) is 5.68. The normalized spacial score (nSPS) is 16.5. The summed E-state index contributed by atoms with van der Waals surface area (Å²) in [5.41, 5.74) is -0.654. The monoisotopic (exact) mass is 240 g/mol. The molecule has 1 amide bonds. The Balaban J connectivity index is 1.96.